The Morgan fingerprint density at radius 2 is 2.00 bits per heavy atom. The maximum absolute atomic E-state index is 3.31. The van der Waals surface area contributed by atoms with Gasteiger partial charge in [0.25, 0.3) is 0 Å². The van der Waals surface area contributed by atoms with Crippen LogP contribution in [0.5, 0.6) is 0 Å². The first-order chi connectivity index (χ1) is 5.08. The molecule has 0 aromatic heterocycles. The third-order valence-electron chi connectivity index (χ3n) is 1.69. The first kappa shape index (κ1) is 8.38. The molecule has 0 saturated heterocycles. The molecule has 0 radical (unpaired) electrons. The Balaban J connectivity index is 2.39. The van der Waals surface area contributed by atoms with Gasteiger partial charge in [0.2, 0.25) is 0 Å². The minimum atomic E-state index is 0.410. The molecule has 1 atom stereocenters. The van der Waals surface area contributed by atoms with Gasteiger partial charge in [-0.05, 0) is 24.1 Å². The van der Waals surface area contributed by atoms with Crippen LogP contribution in [-0.4, -0.2) is 6.04 Å². The predicted octanol–water partition coefficient (Wildman–Crippen LogP) is 2.46. The van der Waals surface area contributed by atoms with E-state index in [1.807, 2.05) is 12.3 Å². The van der Waals surface area contributed by atoms with Gasteiger partial charge < -0.3 is 5.32 Å². The van der Waals surface area contributed by atoms with Crippen LogP contribution in [-0.2, 0) is 0 Å². The van der Waals surface area contributed by atoms with Crippen molar-refractivity contribution in [2.45, 2.75) is 33.2 Å². The summed E-state index contributed by atoms with van der Waals surface area (Å²) in [5.74, 6) is 0. The zero-order chi connectivity index (χ0) is 8.32. The molecule has 11 heavy (non-hydrogen) atoms. The van der Waals surface area contributed by atoms with Crippen LogP contribution in [0.2, 0.25) is 0 Å². The van der Waals surface area contributed by atoms with Gasteiger partial charge in [-0.15, -0.1) is 0 Å². The molecule has 0 aromatic carbocycles. The SMILES string of the molecule is CC(C)(C)CC1C=CC=CN1. The van der Waals surface area contributed by atoms with Crippen molar-refractivity contribution in [3.63, 3.8) is 0 Å². The number of hydrogen-bond donors (Lipinski definition) is 1. The summed E-state index contributed by atoms with van der Waals surface area (Å²) in [7, 11) is 0. The van der Waals surface area contributed by atoms with Crippen molar-refractivity contribution in [3.05, 3.63) is 24.4 Å². The highest BCUT2D eigenvalue weighted by Crippen LogP contribution is 2.21. The van der Waals surface area contributed by atoms with Crippen molar-refractivity contribution >= 4 is 0 Å². The topological polar surface area (TPSA) is 12.0 Å². The minimum absolute atomic E-state index is 0.410. The zero-order valence-corrected chi connectivity index (χ0v) is 7.59. The highest BCUT2D eigenvalue weighted by Gasteiger charge is 2.15. The van der Waals surface area contributed by atoms with E-state index in [4.69, 9.17) is 0 Å². The van der Waals surface area contributed by atoms with Crippen LogP contribution in [0.1, 0.15) is 27.2 Å². The second-order valence-corrected chi connectivity index (χ2v) is 4.28. The molecule has 62 valence electrons. The Labute approximate surface area is 69.2 Å². The van der Waals surface area contributed by atoms with E-state index in [2.05, 4.69) is 38.2 Å². The van der Waals surface area contributed by atoms with Crippen molar-refractivity contribution in [1.82, 2.24) is 5.32 Å². The summed E-state index contributed by atoms with van der Waals surface area (Å²) in [6.45, 7) is 6.79. The van der Waals surface area contributed by atoms with E-state index in [9.17, 15) is 0 Å². The highest BCUT2D eigenvalue weighted by atomic mass is 14.9. The number of nitrogens with one attached hydrogen (secondary N) is 1. The number of allylic oxidation sites excluding steroid dienone is 2. The van der Waals surface area contributed by atoms with E-state index in [0.29, 0.717) is 11.5 Å². The van der Waals surface area contributed by atoms with Gasteiger partial charge in [0.1, 0.15) is 0 Å². The van der Waals surface area contributed by atoms with E-state index in [-0.39, 0.29) is 0 Å². The summed E-state index contributed by atoms with van der Waals surface area (Å²) in [4.78, 5) is 0. The van der Waals surface area contributed by atoms with Gasteiger partial charge in [-0.1, -0.05) is 32.9 Å². The monoisotopic (exact) mass is 151 g/mol. The molecule has 1 rings (SSSR count). The van der Waals surface area contributed by atoms with Gasteiger partial charge >= 0.3 is 0 Å². The van der Waals surface area contributed by atoms with Gasteiger partial charge in [-0.25, -0.2) is 0 Å². The predicted molar refractivity (Wildman–Crippen MR) is 49.3 cm³/mol. The lowest BCUT2D eigenvalue weighted by atomic mass is 9.87. The standard InChI is InChI=1S/C10H17N/c1-10(2,3)8-9-6-4-5-7-11-9/h4-7,9,11H,8H2,1-3H3. The summed E-state index contributed by atoms with van der Waals surface area (Å²) < 4.78 is 0. The molecule has 0 aromatic rings. The molecule has 0 amide bonds. The fourth-order valence-electron chi connectivity index (χ4n) is 1.28. The maximum atomic E-state index is 3.31. The first-order valence-electron chi connectivity index (χ1n) is 4.17. The van der Waals surface area contributed by atoms with Gasteiger partial charge in [0, 0.05) is 6.04 Å². The average Bonchev–Trinajstić information content (AvgIpc) is 1.85. The molecule has 1 N–H and O–H groups in total. The maximum Gasteiger partial charge on any atom is 0.0446 e. The lowest BCUT2D eigenvalue weighted by molar-refractivity contribution is 0.346. The quantitative estimate of drug-likeness (QED) is 0.607. The normalized spacial score (nSPS) is 23.4. The molecule has 0 bridgehead atoms. The van der Waals surface area contributed by atoms with E-state index < -0.39 is 0 Å². The molecule has 1 heterocycles. The molecule has 1 aliphatic heterocycles. The smallest absolute Gasteiger partial charge is 0.0446 e. The Bertz CT molecular complexity index is 172. The number of dihydropyridines is 1. The third kappa shape index (κ3) is 3.26. The molecule has 0 aliphatic carbocycles. The second-order valence-electron chi connectivity index (χ2n) is 4.28. The Hall–Kier alpha value is -0.720. The van der Waals surface area contributed by atoms with Crippen LogP contribution < -0.4 is 5.32 Å². The molecule has 1 nitrogen and oxygen atoms in total. The molecule has 1 heteroatoms. The van der Waals surface area contributed by atoms with Crippen molar-refractivity contribution in [2.24, 2.45) is 5.41 Å². The zero-order valence-electron chi connectivity index (χ0n) is 7.59. The van der Waals surface area contributed by atoms with Gasteiger partial charge in [0.05, 0.1) is 0 Å². The summed E-state index contributed by atoms with van der Waals surface area (Å²) in [6, 6.07) is 0.528. The molecule has 0 saturated carbocycles. The van der Waals surface area contributed by atoms with Crippen LogP contribution in [0, 0.1) is 5.41 Å². The van der Waals surface area contributed by atoms with Crippen molar-refractivity contribution in [3.8, 4) is 0 Å². The Morgan fingerprint density at radius 1 is 1.27 bits per heavy atom. The summed E-state index contributed by atoms with van der Waals surface area (Å²) >= 11 is 0. The van der Waals surface area contributed by atoms with Crippen LogP contribution >= 0.6 is 0 Å². The van der Waals surface area contributed by atoms with Gasteiger partial charge in [0.15, 0.2) is 0 Å². The fraction of sp³-hybridized carbons (Fsp3) is 0.600. The minimum Gasteiger partial charge on any atom is -0.385 e. The van der Waals surface area contributed by atoms with Gasteiger partial charge in [-0.3, -0.25) is 0 Å². The van der Waals surface area contributed by atoms with Crippen LogP contribution in [0.4, 0.5) is 0 Å². The van der Waals surface area contributed by atoms with Crippen molar-refractivity contribution in [1.29, 1.82) is 0 Å². The fourth-order valence-corrected chi connectivity index (χ4v) is 1.28. The van der Waals surface area contributed by atoms with E-state index >= 15 is 0 Å². The molecule has 0 fully saturated rings. The highest BCUT2D eigenvalue weighted by molar-refractivity contribution is 5.12. The van der Waals surface area contributed by atoms with Crippen molar-refractivity contribution < 1.29 is 0 Å². The molecule has 0 spiro atoms. The van der Waals surface area contributed by atoms with Crippen LogP contribution in [0.15, 0.2) is 24.4 Å². The van der Waals surface area contributed by atoms with E-state index in [1.165, 1.54) is 6.42 Å². The van der Waals surface area contributed by atoms with E-state index in [1.54, 1.807) is 0 Å². The van der Waals surface area contributed by atoms with Crippen LogP contribution in [0.25, 0.3) is 0 Å². The number of hydrogen-bond acceptors (Lipinski definition) is 1. The average molecular weight is 151 g/mol. The van der Waals surface area contributed by atoms with E-state index in [0.717, 1.165) is 0 Å². The molecule has 1 unspecified atom stereocenters. The Kier molecular flexibility index (Phi) is 2.38. The second kappa shape index (κ2) is 3.12. The molecular formula is C10H17N. The summed E-state index contributed by atoms with van der Waals surface area (Å²) in [5, 5.41) is 3.31. The van der Waals surface area contributed by atoms with Crippen molar-refractivity contribution in [2.75, 3.05) is 0 Å². The lowest BCUT2D eigenvalue weighted by Crippen LogP contribution is -2.28. The first-order valence-corrected chi connectivity index (χ1v) is 4.17. The van der Waals surface area contributed by atoms with Crippen LogP contribution in [0.3, 0.4) is 0 Å². The third-order valence-corrected chi connectivity index (χ3v) is 1.69. The largest absolute Gasteiger partial charge is 0.385 e. The Morgan fingerprint density at radius 3 is 2.45 bits per heavy atom. The van der Waals surface area contributed by atoms with Gasteiger partial charge in [-0.2, -0.15) is 0 Å². The summed E-state index contributed by atoms with van der Waals surface area (Å²) in [6.07, 6.45) is 9.54. The number of rotatable bonds is 1. The lowest BCUT2D eigenvalue weighted by Gasteiger charge is -2.25. The molecule has 1 aliphatic rings. The molecular weight excluding hydrogens is 134 g/mol. The summed E-state index contributed by atoms with van der Waals surface area (Å²) in [5.41, 5.74) is 0.410.